The number of hydrogen-bond donors (Lipinski definition) is 7. The summed E-state index contributed by atoms with van der Waals surface area (Å²) in [5.41, 5.74) is 18.0. The summed E-state index contributed by atoms with van der Waals surface area (Å²) in [6.45, 7) is 6.02. The third kappa shape index (κ3) is 25.1. The monoisotopic (exact) mass is 839 g/mol. The van der Waals surface area contributed by atoms with Crippen LogP contribution in [0.4, 0.5) is 16.4 Å². The van der Waals surface area contributed by atoms with Crippen molar-refractivity contribution in [3.63, 3.8) is 0 Å². The number of ether oxygens (including phenoxy) is 6. The normalized spacial score (nSPS) is 11.4. The van der Waals surface area contributed by atoms with Gasteiger partial charge < -0.3 is 61.4 Å². The zero-order valence-electron chi connectivity index (χ0n) is 33.4. The number of nitrogens with one attached hydrogen (secondary N) is 3. The number of benzene rings is 1. The predicted molar refractivity (Wildman–Crippen MR) is 220 cm³/mol. The summed E-state index contributed by atoms with van der Waals surface area (Å²) < 4.78 is 32.8. The van der Waals surface area contributed by atoms with Crippen LogP contribution in [0.25, 0.3) is 0 Å². The Morgan fingerprint density at radius 3 is 2.02 bits per heavy atom. The number of unbranched alkanes of at least 4 members (excludes halogenated alkanes) is 3. The molecule has 1 aromatic carbocycles. The number of urea groups is 1. The molecule has 326 valence electrons. The molecule has 58 heavy (non-hydrogen) atoms. The Labute approximate surface area is 345 Å². The minimum atomic E-state index is -0.678. The van der Waals surface area contributed by atoms with Crippen LogP contribution in [-0.2, 0) is 34.9 Å². The van der Waals surface area contributed by atoms with Crippen LogP contribution in [0.5, 0.6) is 5.75 Å². The van der Waals surface area contributed by atoms with E-state index in [0.29, 0.717) is 105 Å². The van der Waals surface area contributed by atoms with Gasteiger partial charge in [0.25, 0.3) is 5.91 Å². The van der Waals surface area contributed by atoms with Crippen molar-refractivity contribution in [2.24, 2.45) is 10.7 Å². The van der Waals surface area contributed by atoms with E-state index in [0.717, 1.165) is 49.8 Å². The summed E-state index contributed by atoms with van der Waals surface area (Å²) in [4.78, 5) is 47.9. The number of nitrogens with zero attached hydrogens (tertiary/aromatic N) is 3. The second-order valence-electron chi connectivity index (χ2n) is 12.7. The number of amides is 3. The summed E-state index contributed by atoms with van der Waals surface area (Å²) in [6, 6.07) is 7.63. The topological polar surface area (TPSA) is 279 Å². The maximum Gasteiger partial charge on any atom is 0.314 e. The van der Waals surface area contributed by atoms with Gasteiger partial charge in [-0.1, -0.05) is 30.2 Å². The van der Waals surface area contributed by atoms with Crippen molar-refractivity contribution in [3.8, 4) is 5.75 Å². The maximum absolute atomic E-state index is 12.3. The van der Waals surface area contributed by atoms with Gasteiger partial charge in [-0.25, -0.2) is 14.8 Å². The van der Waals surface area contributed by atoms with Gasteiger partial charge in [0.15, 0.2) is 28.4 Å². The van der Waals surface area contributed by atoms with E-state index < -0.39 is 5.91 Å². The van der Waals surface area contributed by atoms with Crippen molar-refractivity contribution >= 4 is 46.9 Å². The minimum absolute atomic E-state index is 0.0149. The van der Waals surface area contributed by atoms with Gasteiger partial charge in [0.1, 0.15) is 18.1 Å². The van der Waals surface area contributed by atoms with Crippen LogP contribution in [0.3, 0.4) is 0 Å². The van der Waals surface area contributed by atoms with Gasteiger partial charge in [-0.15, -0.1) is 0 Å². The first-order valence-electron chi connectivity index (χ1n) is 19.6. The largest absolute Gasteiger partial charge is 0.491 e. The van der Waals surface area contributed by atoms with E-state index in [1.54, 1.807) is 0 Å². The fourth-order valence-electron chi connectivity index (χ4n) is 4.98. The van der Waals surface area contributed by atoms with Crippen LogP contribution in [0.2, 0.25) is 5.15 Å². The van der Waals surface area contributed by atoms with Gasteiger partial charge in [-0.2, -0.15) is 0 Å². The van der Waals surface area contributed by atoms with E-state index in [1.807, 2.05) is 24.3 Å². The van der Waals surface area contributed by atoms with Gasteiger partial charge in [0.2, 0.25) is 0 Å². The summed E-state index contributed by atoms with van der Waals surface area (Å²) in [5.74, 6) is 0.00921. The molecule has 3 amide bonds. The summed E-state index contributed by atoms with van der Waals surface area (Å²) in [6.07, 6.45) is 6.66. The zero-order valence-corrected chi connectivity index (χ0v) is 34.1. The first-order chi connectivity index (χ1) is 28.2. The molecule has 2 aromatic rings. The zero-order chi connectivity index (χ0) is 42.1. The third-order valence-electron chi connectivity index (χ3n) is 7.98. The number of Topliss-reactive ketones (excluding diaryl/α,β-unsaturated/α-hetero) is 1. The molecule has 19 nitrogen and oxygen atoms in total. The van der Waals surface area contributed by atoms with Crippen molar-refractivity contribution in [3.05, 3.63) is 40.7 Å². The van der Waals surface area contributed by atoms with Crippen molar-refractivity contribution in [2.75, 3.05) is 110 Å². The lowest BCUT2D eigenvalue weighted by Crippen LogP contribution is -2.38. The summed E-state index contributed by atoms with van der Waals surface area (Å²) in [5, 5.41) is 16.4. The fraction of sp³-hybridized carbons (Fsp3) is 0.632. The standard InChI is InChI=1S/C38H62ClN9O10/c39-33-35(41)47-34(40)32(46-33)36(51)48-37(42)43-14-5-3-7-29-10-12-31(13-11-29)58-28-27-57-26-25-56-24-21-53-18-6-9-30(50)8-2-1-4-15-44-38(52)45-16-19-54-22-23-55-20-17-49/h10-13,49H,1-9,14-28H2,(H4,40,41,47)(H2,44,45,52)(H3,42,43,48,51). The Balaban J connectivity index is 1.34. The average molecular weight is 840 g/mol. The molecule has 0 saturated carbocycles. The van der Waals surface area contributed by atoms with Crippen LogP contribution >= 0.6 is 11.6 Å². The van der Waals surface area contributed by atoms with Gasteiger partial charge >= 0.3 is 6.03 Å². The number of nitrogen functional groups attached to an aromatic ring is 2. The van der Waals surface area contributed by atoms with Crippen molar-refractivity contribution in [2.45, 2.75) is 57.8 Å². The molecule has 0 atom stereocenters. The number of carbonyl (C=O) groups is 3. The Morgan fingerprint density at radius 2 is 1.31 bits per heavy atom. The van der Waals surface area contributed by atoms with Crippen LogP contribution in [-0.4, -0.2) is 138 Å². The fourth-order valence-corrected chi connectivity index (χ4v) is 5.11. The number of aliphatic imine (C=N–C) groups is 1. The molecule has 20 heteroatoms. The number of carbonyl (C=O) groups excluding carboxylic acids is 3. The number of nitrogens with two attached hydrogens (primary N) is 3. The molecule has 0 unspecified atom stereocenters. The van der Waals surface area contributed by atoms with Gasteiger partial charge in [-0.05, 0) is 56.2 Å². The smallest absolute Gasteiger partial charge is 0.314 e. The molecular formula is C38H62ClN9O10. The highest BCUT2D eigenvalue weighted by Gasteiger charge is 2.16. The highest BCUT2D eigenvalue weighted by atomic mass is 35.5. The van der Waals surface area contributed by atoms with Gasteiger partial charge in [0, 0.05) is 39.1 Å². The lowest BCUT2D eigenvalue weighted by atomic mass is 10.1. The molecule has 10 N–H and O–H groups in total. The Morgan fingerprint density at radius 1 is 0.690 bits per heavy atom. The van der Waals surface area contributed by atoms with Gasteiger partial charge in [-0.3, -0.25) is 19.9 Å². The molecule has 2 rings (SSSR count). The van der Waals surface area contributed by atoms with Crippen LogP contribution in [0.1, 0.15) is 67.4 Å². The van der Waals surface area contributed by atoms with Crippen molar-refractivity contribution in [1.82, 2.24) is 25.9 Å². The summed E-state index contributed by atoms with van der Waals surface area (Å²) in [7, 11) is 0. The minimum Gasteiger partial charge on any atom is -0.491 e. The van der Waals surface area contributed by atoms with E-state index >= 15 is 0 Å². The number of aryl methyl sites for hydroxylation is 1. The SMILES string of the molecule is NC(=NCCCCc1ccc(OCCOCCOCCOCCCC(=O)CCCCCNC(=O)NCCOCCOCCO)cc1)NC(=O)c1nc(Cl)c(N)nc1N. The van der Waals surface area contributed by atoms with Crippen molar-refractivity contribution in [1.29, 1.82) is 0 Å². The molecular weight excluding hydrogens is 778 g/mol. The number of anilines is 2. The number of ketones is 1. The molecule has 0 saturated heterocycles. The number of aliphatic hydroxyl groups excluding tert-OH is 1. The molecule has 0 aliphatic heterocycles. The van der Waals surface area contributed by atoms with E-state index in [2.05, 4.69) is 30.9 Å². The van der Waals surface area contributed by atoms with Crippen molar-refractivity contribution < 1.29 is 47.9 Å². The van der Waals surface area contributed by atoms with Crippen LogP contribution < -0.4 is 37.9 Å². The van der Waals surface area contributed by atoms with E-state index in [-0.39, 0.29) is 53.5 Å². The first-order valence-corrected chi connectivity index (χ1v) is 20.0. The molecule has 0 bridgehead atoms. The average Bonchev–Trinajstić information content (AvgIpc) is 3.20. The Hall–Kier alpha value is -4.37. The van der Waals surface area contributed by atoms with Crippen LogP contribution in [0.15, 0.2) is 29.3 Å². The van der Waals surface area contributed by atoms with E-state index in [4.69, 9.17) is 62.3 Å². The number of aromatic nitrogens is 2. The summed E-state index contributed by atoms with van der Waals surface area (Å²) >= 11 is 5.81. The molecule has 0 aliphatic carbocycles. The lowest BCUT2D eigenvalue weighted by Gasteiger charge is -2.09. The predicted octanol–water partition coefficient (Wildman–Crippen LogP) is 2.02. The molecule has 1 heterocycles. The second kappa shape index (κ2) is 32.6. The molecule has 1 aromatic heterocycles. The Bertz CT molecular complexity index is 1470. The number of aliphatic hydroxyl groups is 1. The molecule has 0 spiro atoms. The number of halogens is 1. The molecule has 0 aliphatic rings. The molecule has 0 radical (unpaired) electrons. The number of guanidine groups is 1. The quantitative estimate of drug-likeness (QED) is 0.0302. The highest BCUT2D eigenvalue weighted by Crippen LogP contribution is 2.17. The van der Waals surface area contributed by atoms with Gasteiger partial charge in [0.05, 0.1) is 66.1 Å². The number of hydrogen-bond acceptors (Lipinski definition) is 15. The number of rotatable bonds is 34. The highest BCUT2D eigenvalue weighted by molar-refractivity contribution is 6.31. The Kier molecular flexibility index (Phi) is 28.0. The maximum atomic E-state index is 12.3. The lowest BCUT2D eigenvalue weighted by molar-refractivity contribution is -0.119. The second-order valence-corrected chi connectivity index (χ2v) is 13.1. The van der Waals surface area contributed by atoms with Crippen LogP contribution in [0, 0.1) is 0 Å². The third-order valence-corrected chi connectivity index (χ3v) is 8.26. The van der Waals surface area contributed by atoms with E-state index in [1.165, 1.54) is 0 Å². The molecule has 0 fully saturated rings. The first kappa shape index (κ1) is 49.8. The van der Waals surface area contributed by atoms with E-state index in [9.17, 15) is 14.4 Å².